The number of carbonyl (C=O) groups is 1. The molecule has 1 atom stereocenters. The summed E-state index contributed by atoms with van der Waals surface area (Å²) in [5, 5.41) is 0. The summed E-state index contributed by atoms with van der Waals surface area (Å²) in [4.78, 5) is 12.2. The molecule has 19 heavy (non-hydrogen) atoms. The zero-order chi connectivity index (χ0) is 14.0. The Labute approximate surface area is 114 Å². The fraction of sp³-hybridized carbons (Fsp3) is 0.562. The molecule has 1 aliphatic rings. The summed E-state index contributed by atoms with van der Waals surface area (Å²) < 4.78 is 11.4. The monoisotopic (exact) mass is 262 g/mol. The molecule has 104 valence electrons. The van der Waals surface area contributed by atoms with Crippen LogP contribution in [-0.2, 0) is 0 Å². The molecule has 1 unspecified atom stereocenters. The normalized spacial score (nSPS) is 18.8. The summed E-state index contributed by atoms with van der Waals surface area (Å²) in [6.45, 7) is 9.56. The number of carbonyl (C=O) groups excluding carboxylic acids is 1. The fourth-order valence-electron chi connectivity index (χ4n) is 2.01. The first-order valence-corrected chi connectivity index (χ1v) is 6.78. The van der Waals surface area contributed by atoms with Crippen molar-refractivity contribution in [3.63, 3.8) is 0 Å². The molecule has 1 aromatic rings. The van der Waals surface area contributed by atoms with Gasteiger partial charge in [-0.1, -0.05) is 27.7 Å². The zero-order valence-corrected chi connectivity index (χ0v) is 12.2. The third kappa shape index (κ3) is 3.72. The minimum Gasteiger partial charge on any atom is -0.489 e. The van der Waals surface area contributed by atoms with E-state index < -0.39 is 0 Å². The van der Waals surface area contributed by atoms with Crippen LogP contribution in [0.4, 0.5) is 0 Å². The molecule has 0 aliphatic carbocycles. The van der Waals surface area contributed by atoms with Crippen molar-refractivity contribution in [2.45, 2.75) is 34.1 Å². The van der Waals surface area contributed by atoms with Gasteiger partial charge in [0.1, 0.15) is 0 Å². The first-order valence-electron chi connectivity index (χ1n) is 6.78. The van der Waals surface area contributed by atoms with Gasteiger partial charge in [-0.2, -0.15) is 0 Å². The highest BCUT2D eigenvalue weighted by atomic mass is 16.5. The van der Waals surface area contributed by atoms with Gasteiger partial charge in [-0.15, -0.1) is 0 Å². The lowest BCUT2D eigenvalue weighted by Gasteiger charge is -2.17. The lowest BCUT2D eigenvalue weighted by molar-refractivity contribution is 0.0939. The van der Waals surface area contributed by atoms with Crippen LogP contribution in [0.25, 0.3) is 0 Å². The molecule has 0 N–H and O–H groups in total. The van der Waals surface area contributed by atoms with Crippen molar-refractivity contribution in [3.05, 3.63) is 23.8 Å². The summed E-state index contributed by atoms with van der Waals surface area (Å²) in [7, 11) is 0. The molecule has 2 rings (SSSR count). The van der Waals surface area contributed by atoms with Gasteiger partial charge < -0.3 is 9.47 Å². The van der Waals surface area contributed by atoms with Gasteiger partial charge in [0.25, 0.3) is 0 Å². The Bertz CT molecular complexity index is 471. The second kappa shape index (κ2) is 5.24. The van der Waals surface area contributed by atoms with Gasteiger partial charge in [0.05, 0.1) is 13.2 Å². The molecular weight excluding hydrogens is 240 g/mol. The SMILES string of the molecule is CC1COc2ccc(C(=O)CC(C)(C)C)cc2OC1. The first-order chi connectivity index (χ1) is 8.85. The van der Waals surface area contributed by atoms with Crippen LogP contribution in [0.2, 0.25) is 0 Å². The van der Waals surface area contributed by atoms with E-state index >= 15 is 0 Å². The van der Waals surface area contributed by atoms with Crippen molar-refractivity contribution in [1.82, 2.24) is 0 Å². The Balaban J connectivity index is 2.19. The Morgan fingerprint density at radius 1 is 1.21 bits per heavy atom. The largest absolute Gasteiger partial charge is 0.489 e. The Hall–Kier alpha value is -1.51. The number of ketones is 1. The van der Waals surface area contributed by atoms with Crippen LogP contribution in [0.3, 0.4) is 0 Å². The molecule has 3 heteroatoms. The van der Waals surface area contributed by atoms with E-state index in [1.165, 1.54) is 0 Å². The molecule has 0 aromatic heterocycles. The average Bonchev–Trinajstić information content (AvgIpc) is 2.49. The van der Waals surface area contributed by atoms with E-state index in [-0.39, 0.29) is 11.2 Å². The number of hydrogen-bond acceptors (Lipinski definition) is 3. The third-order valence-corrected chi connectivity index (χ3v) is 3.00. The van der Waals surface area contributed by atoms with Gasteiger partial charge in [0, 0.05) is 17.9 Å². The third-order valence-electron chi connectivity index (χ3n) is 3.00. The maximum atomic E-state index is 12.2. The van der Waals surface area contributed by atoms with E-state index in [9.17, 15) is 4.79 Å². The number of ether oxygens (including phenoxy) is 2. The van der Waals surface area contributed by atoms with Crippen LogP contribution in [0.15, 0.2) is 18.2 Å². The number of benzene rings is 1. The lowest BCUT2D eigenvalue weighted by Crippen LogP contribution is -2.13. The first kappa shape index (κ1) is 13.9. The van der Waals surface area contributed by atoms with Crippen LogP contribution in [-0.4, -0.2) is 19.0 Å². The summed E-state index contributed by atoms with van der Waals surface area (Å²) in [5.41, 5.74) is 0.697. The number of Topliss-reactive ketones (excluding diaryl/α,β-unsaturated/α-hetero) is 1. The van der Waals surface area contributed by atoms with Crippen LogP contribution in [0, 0.1) is 11.3 Å². The van der Waals surface area contributed by atoms with Crippen molar-refractivity contribution < 1.29 is 14.3 Å². The molecule has 1 aliphatic heterocycles. The van der Waals surface area contributed by atoms with Gasteiger partial charge in [-0.05, 0) is 23.6 Å². The quantitative estimate of drug-likeness (QED) is 0.762. The van der Waals surface area contributed by atoms with Crippen molar-refractivity contribution >= 4 is 5.78 Å². The van der Waals surface area contributed by atoms with Gasteiger partial charge in [-0.25, -0.2) is 0 Å². The van der Waals surface area contributed by atoms with Gasteiger partial charge >= 0.3 is 0 Å². The maximum absolute atomic E-state index is 12.2. The minimum absolute atomic E-state index is 0.00422. The number of fused-ring (bicyclic) bond motifs is 1. The molecule has 0 saturated carbocycles. The second-order valence-electron chi connectivity index (χ2n) is 6.55. The van der Waals surface area contributed by atoms with Crippen molar-refractivity contribution in [3.8, 4) is 11.5 Å². The molecule has 0 spiro atoms. The van der Waals surface area contributed by atoms with E-state index in [0.29, 0.717) is 36.9 Å². The summed E-state index contributed by atoms with van der Waals surface area (Å²) in [6.07, 6.45) is 0.531. The van der Waals surface area contributed by atoms with E-state index in [1.54, 1.807) is 6.07 Å². The molecule has 3 nitrogen and oxygen atoms in total. The molecule has 0 saturated heterocycles. The lowest BCUT2D eigenvalue weighted by atomic mass is 9.88. The molecule has 0 fully saturated rings. The van der Waals surface area contributed by atoms with Gasteiger partial charge in [0.15, 0.2) is 17.3 Å². The Morgan fingerprint density at radius 2 is 1.84 bits per heavy atom. The summed E-state index contributed by atoms with van der Waals surface area (Å²) >= 11 is 0. The smallest absolute Gasteiger partial charge is 0.163 e. The van der Waals surface area contributed by atoms with E-state index in [2.05, 4.69) is 27.7 Å². The topological polar surface area (TPSA) is 35.5 Å². The van der Waals surface area contributed by atoms with Crippen molar-refractivity contribution in [1.29, 1.82) is 0 Å². The number of hydrogen-bond donors (Lipinski definition) is 0. The Kier molecular flexibility index (Phi) is 3.83. The standard InChI is InChI=1S/C16H22O3/c1-11-9-18-14-6-5-12(7-15(14)19-10-11)13(17)8-16(2,3)4/h5-7,11H,8-10H2,1-4H3. The van der Waals surface area contributed by atoms with Crippen LogP contribution in [0.5, 0.6) is 11.5 Å². The van der Waals surface area contributed by atoms with Crippen LogP contribution < -0.4 is 9.47 Å². The molecular formula is C16H22O3. The molecule has 1 heterocycles. The van der Waals surface area contributed by atoms with Gasteiger partial charge in [-0.3, -0.25) is 4.79 Å². The van der Waals surface area contributed by atoms with Crippen molar-refractivity contribution in [2.75, 3.05) is 13.2 Å². The predicted octanol–water partition coefficient (Wildman–Crippen LogP) is 3.71. The molecule has 0 radical (unpaired) electrons. The molecule has 1 aromatic carbocycles. The molecule has 0 amide bonds. The average molecular weight is 262 g/mol. The summed E-state index contributed by atoms with van der Waals surface area (Å²) in [5.74, 6) is 1.93. The maximum Gasteiger partial charge on any atom is 0.163 e. The Morgan fingerprint density at radius 3 is 2.47 bits per heavy atom. The highest BCUT2D eigenvalue weighted by Crippen LogP contribution is 2.32. The molecule has 0 bridgehead atoms. The van der Waals surface area contributed by atoms with Crippen LogP contribution in [0.1, 0.15) is 44.5 Å². The van der Waals surface area contributed by atoms with Crippen molar-refractivity contribution in [2.24, 2.45) is 11.3 Å². The summed E-state index contributed by atoms with van der Waals surface area (Å²) in [6, 6.07) is 5.47. The number of rotatable bonds is 2. The van der Waals surface area contributed by atoms with Gasteiger partial charge in [0.2, 0.25) is 0 Å². The van der Waals surface area contributed by atoms with Crippen LogP contribution >= 0.6 is 0 Å². The second-order valence-corrected chi connectivity index (χ2v) is 6.55. The van der Waals surface area contributed by atoms with E-state index in [4.69, 9.17) is 9.47 Å². The highest BCUT2D eigenvalue weighted by Gasteiger charge is 2.20. The zero-order valence-electron chi connectivity index (χ0n) is 12.2. The predicted molar refractivity (Wildman–Crippen MR) is 75.0 cm³/mol. The highest BCUT2D eigenvalue weighted by molar-refractivity contribution is 5.97. The minimum atomic E-state index is -0.00422. The van der Waals surface area contributed by atoms with E-state index in [0.717, 1.165) is 5.75 Å². The fourth-order valence-corrected chi connectivity index (χ4v) is 2.01. The van der Waals surface area contributed by atoms with E-state index in [1.807, 2.05) is 12.1 Å².